The fourth-order valence-electron chi connectivity index (χ4n) is 3.06. The average molecular weight is 338 g/mol. The van der Waals surface area contributed by atoms with E-state index in [1.807, 2.05) is 0 Å². The van der Waals surface area contributed by atoms with Gasteiger partial charge in [0, 0.05) is 0 Å². The topological polar surface area (TPSA) is 69.9 Å². The van der Waals surface area contributed by atoms with E-state index in [9.17, 15) is 9.18 Å². The molecule has 1 saturated carbocycles. The van der Waals surface area contributed by atoms with Gasteiger partial charge in [0.1, 0.15) is 17.9 Å². The molecule has 0 atom stereocenters. The van der Waals surface area contributed by atoms with Crippen molar-refractivity contribution in [1.29, 1.82) is 0 Å². The van der Waals surface area contributed by atoms with Gasteiger partial charge in [0.05, 0.1) is 11.1 Å². The van der Waals surface area contributed by atoms with Gasteiger partial charge in [0.15, 0.2) is 0 Å². The van der Waals surface area contributed by atoms with E-state index >= 15 is 0 Å². The van der Waals surface area contributed by atoms with Crippen molar-refractivity contribution in [2.24, 2.45) is 0 Å². The van der Waals surface area contributed by atoms with Gasteiger partial charge in [-0.05, 0) is 65.2 Å². The summed E-state index contributed by atoms with van der Waals surface area (Å²) < 4.78 is 20.3. The number of nitrogens with zero attached hydrogens (tertiary/aromatic N) is 4. The molecule has 0 spiro atoms. The second-order valence-electron chi connectivity index (χ2n) is 6.08. The molecule has 2 aromatic carbocycles. The van der Waals surface area contributed by atoms with Gasteiger partial charge in [-0.1, -0.05) is 18.6 Å². The molecule has 25 heavy (non-hydrogen) atoms. The average Bonchev–Trinajstić information content (AvgIpc) is 3.11. The lowest BCUT2D eigenvalue weighted by atomic mass is 9.64. The van der Waals surface area contributed by atoms with Crippen molar-refractivity contribution in [3.05, 3.63) is 66.2 Å². The minimum atomic E-state index is -0.678. The molecule has 0 aliphatic heterocycles. The van der Waals surface area contributed by atoms with Crippen LogP contribution in [0.15, 0.2) is 54.9 Å². The Balaban J connectivity index is 1.53. The van der Waals surface area contributed by atoms with E-state index in [2.05, 4.69) is 15.5 Å². The predicted molar refractivity (Wildman–Crippen MR) is 86.7 cm³/mol. The molecular weight excluding hydrogens is 323 g/mol. The zero-order valence-corrected chi connectivity index (χ0v) is 13.3. The highest BCUT2D eigenvalue weighted by molar-refractivity contribution is 5.86. The molecule has 1 fully saturated rings. The lowest BCUT2D eigenvalue weighted by Crippen LogP contribution is -2.45. The quantitative estimate of drug-likeness (QED) is 0.540. The summed E-state index contributed by atoms with van der Waals surface area (Å²) in [6, 6.07) is 13.0. The van der Waals surface area contributed by atoms with Crippen LogP contribution in [0.3, 0.4) is 0 Å². The van der Waals surface area contributed by atoms with Crippen LogP contribution in [0.25, 0.3) is 5.69 Å². The first kappa shape index (κ1) is 15.4. The standard InChI is InChI=1S/C18H15FN4O2/c19-14-4-2-13(3-5-14)18(10-1-11-18)17(24)25-16-8-6-15(7-9-16)23-12-20-21-22-23/h2-9,12H,1,10-11H2. The molecule has 1 aliphatic carbocycles. The van der Waals surface area contributed by atoms with Gasteiger partial charge in [0.25, 0.3) is 0 Å². The van der Waals surface area contributed by atoms with Crippen LogP contribution in [-0.4, -0.2) is 26.2 Å². The Hall–Kier alpha value is -3.09. The summed E-state index contributed by atoms with van der Waals surface area (Å²) >= 11 is 0. The number of rotatable bonds is 4. The number of carbonyl (C=O) groups excluding carboxylic acids is 1. The predicted octanol–water partition coefficient (Wildman–Crippen LogP) is 2.83. The Morgan fingerprint density at radius 3 is 2.36 bits per heavy atom. The molecule has 0 amide bonds. The molecule has 0 bridgehead atoms. The molecule has 0 N–H and O–H groups in total. The maximum absolute atomic E-state index is 13.2. The zero-order valence-electron chi connectivity index (χ0n) is 13.3. The van der Waals surface area contributed by atoms with Crippen LogP contribution in [0.4, 0.5) is 4.39 Å². The fraction of sp³-hybridized carbons (Fsp3) is 0.222. The molecule has 3 aromatic rings. The number of hydrogen-bond donors (Lipinski definition) is 0. The maximum atomic E-state index is 13.2. The van der Waals surface area contributed by atoms with Gasteiger partial charge in [-0.2, -0.15) is 0 Å². The van der Waals surface area contributed by atoms with Crippen molar-refractivity contribution >= 4 is 5.97 Å². The lowest BCUT2D eigenvalue weighted by molar-refractivity contribution is -0.144. The Labute approximate surface area is 143 Å². The number of esters is 1. The first-order valence-electron chi connectivity index (χ1n) is 7.99. The SMILES string of the molecule is O=C(Oc1ccc(-n2cnnn2)cc1)C1(c2ccc(F)cc2)CCC1. The summed E-state index contributed by atoms with van der Waals surface area (Å²) in [7, 11) is 0. The molecule has 1 heterocycles. The number of hydrogen-bond acceptors (Lipinski definition) is 5. The smallest absolute Gasteiger partial charge is 0.321 e. The van der Waals surface area contributed by atoms with Crippen molar-refractivity contribution in [2.75, 3.05) is 0 Å². The van der Waals surface area contributed by atoms with Crippen molar-refractivity contribution in [2.45, 2.75) is 24.7 Å². The number of ether oxygens (including phenoxy) is 1. The van der Waals surface area contributed by atoms with E-state index in [1.165, 1.54) is 23.1 Å². The molecule has 1 aromatic heterocycles. The molecule has 0 radical (unpaired) electrons. The minimum absolute atomic E-state index is 0.305. The third-order valence-electron chi connectivity index (χ3n) is 4.66. The summed E-state index contributed by atoms with van der Waals surface area (Å²) in [5.41, 5.74) is 0.888. The molecule has 6 nitrogen and oxygen atoms in total. The van der Waals surface area contributed by atoms with E-state index in [0.717, 1.165) is 17.7 Å². The fourth-order valence-corrected chi connectivity index (χ4v) is 3.06. The van der Waals surface area contributed by atoms with Crippen LogP contribution in [0.5, 0.6) is 5.75 Å². The van der Waals surface area contributed by atoms with Gasteiger partial charge in [0.2, 0.25) is 0 Å². The first-order valence-corrected chi connectivity index (χ1v) is 7.99. The van der Waals surface area contributed by atoms with Gasteiger partial charge >= 0.3 is 5.97 Å². The van der Waals surface area contributed by atoms with Crippen molar-refractivity contribution in [1.82, 2.24) is 20.2 Å². The highest BCUT2D eigenvalue weighted by Crippen LogP contribution is 2.45. The summed E-state index contributed by atoms with van der Waals surface area (Å²) in [5.74, 6) is -0.166. The van der Waals surface area contributed by atoms with Gasteiger partial charge < -0.3 is 4.74 Å². The van der Waals surface area contributed by atoms with E-state index in [-0.39, 0.29) is 11.8 Å². The van der Waals surface area contributed by atoms with E-state index in [0.29, 0.717) is 18.6 Å². The summed E-state index contributed by atoms with van der Waals surface area (Å²) in [4.78, 5) is 12.8. The lowest BCUT2D eigenvalue weighted by Gasteiger charge is -2.39. The third-order valence-corrected chi connectivity index (χ3v) is 4.66. The maximum Gasteiger partial charge on any atom is 0.321 e. The molecule has 126 valence electrons. The minimum Gasteiger partial charge on any atom is -0.426 e. The highest BCUT2D eigenvalue weighted by Gasteiger charge is 2.47. The summed E-state index contributed by atoms with van der Waals surface area (Å²) in [5, 5.41) is 11.0. The largest absolute Gasteiger partial charge is 0.426 e. The number of benzene rings is 2. The van der Waals surface area contributed by atoms with Crippen LogP contribution in [-0.2, 0) is 10.2 Å². The van der Waals surface area contributed by atoms with E-state index in [1.54, 1.807) is 36.4 Å². The van der Waals surface area contributed by atoms with Gasteiger partial charge in [-0.3, -0.25) is 4.79 Å². The molecule has 0 saturated heterocycles. The van der Waals surface area contributed by atoms with Gasteiger partial charge in [-0.15, -0.1) is 5.10 Å². The molecule has 0 unspecified atom stereocenters. The Bertz CT molecular complexity index is 872. The number of halogens is 1. The van der Waals surface area contributed by atoms with Crippen molar-refractivity contribution < 1.29 is 13.9 Å². The van der Waals surface area contributed by atoms with Gasteiger partial charge in [-0.25, -0.2) is 9.07 Å². The molecular formula is C18H15FN4O2. The third kappa shape index (κ3) is 2.77. The van der Waals surface area contributed by atoms with Crippen molar-refractivity contribution in [3.8, 4) is 11.4 Å². The summed E-state index contributed by atoms with van der Waals surface area (Å²) in [6.07, 6.45) is 3.85. The molecule has 7 heteroatoms. The summed E-state index contributed by atoms with van der Waals surface area (Å²) in [6.45, 7) is 0. The van der Waals surface area contributed by atoms with E-state index < -0.39 is 5.41 Å². The Kier molecular flexibility index (Phi) is 3.76. The highest BCUT2D eigenvalue weighted by atomic mass is 19.1. The zero-order chi connectivity index (χ0) is 17.3. The van der Waals surface area contributed by atoms with Crippen LogP contribution in [0, 0.1) is 5.82 Å². The van der Waals surface area contributed by atoms with Crippen LogP contribution in [0.2, 0.25) is 0 Å². The number of aromatic nitrogens is 4. The molecule has 4 rings (SSSR count). The second kappa shape index (κ2) is 6.08. The molecule has 1 aliphatic rings. The second-order valence-corrected chi connectivity index (χ2v) is 6.08. The monoisotopic (exact) mass is 338 g/mol. The Morgan fingerprint density at radius 1 is 1.08 bits per heavy atom. The Morgan fingerprint density at radius 2 is 1.80 bits per heavy atom. The number of tetrazole rings is 1. The van der Waals surface area contributed by atoms with Crippen LogP contribution in [0.1, 0.15) is 24.8 Å². The normalized spacial score (nSPS) is 15.4. The van der Waals surface area contributed by atoms with Crippen molar-refractivity contribution in [3.63, 3.8) is 0 Å². The van der Waals surface area contributed by atoms with E-state index in [4.69, 9.17) is 4.74 Å². The first-order chi connectivity index (χ1) is 12.2. The van der Waals surface area contributed by atoms with Crippen LogP contribution >= 0.6 is 0 Å². The van der Waals surface area contributed by atoms with Crippen LogP contribution < -0.4 is 4.74 Å². The number of carbonyl (C=O) groups is 1.